The van der Waals surface area contributed by atoms with Crippen molar-refractivity contribution in [2.45, 2.75) is 30.4 Å². The molecule has 0 atom stereocenters. The molecule has 2 aliphatic heterocycles. The van der Waals surface area contributed by atoms with E-state index >= 15 is 0 Å². The van der Waals surface area contributed by atoms with E-state index < -0.39 is 16.1 Å². The number of cyclic esters (lactones) is 1. The third-order valence-electron chi connectivity index (χ3n) is 5.09. The molecule has 0 radical (unpaired) electrons. The number of sulfonamides is 1. The van der Waals surface area contributed by atoms with Gasteiger partial charge in [0.25, 0.3) is 0 Å². The van der Waals surface area contributed by atoms with Crippen LogP contribution >= 0.6 is 27.5 Å². The van der Waals surface area contributed by atoms with E-state index in [4.69, 9.17) is 16.3 Å². The van der Waals surface area contributed by atoms with E-state index in [0.29, 0.717) is 35.4 Å². The van der Waals surface area contributed by atoms with Crippen LogP contribution in [0, 0.1) is 0 Å². The highest BCUT2D eigenvalue weighted by molar-refractivity contribution is 9.10. The van der Waals surface area contributed by atoms with Crippen LogP contribution in [0.2, 0.25) is 5.02 Å². The van der Waals surface area contributed by atoms with Gasteiger partial charge in [-0.15, -0.1) is 0 Å². The van der Waals surface area contributed by atoms with Crippen molar-refractivity contribution in [3.05, 3.63) is 57.5 Å². The molecule has 6 nitrogen and oxygen atoms in total. The van der Waals surface area contributed by atoms with Crippen LogP contribution in [-0.2, 0) is 21.4 Å². The Morgan fingerprint density at radius 1 is 1.11 bits per heavy atom. The molecule has 0 bridgehead atoms. The second kappa shape index (κ2) is 7.67. The fourth-order valence-corrected chi connectivity index (χ4v) is 6.32. The van der Waals surface area contributed by atoms with Crippen LogP contribution in [0.25, 0.3) is 0 Å². The lowest BCUT2D eigenvalue weighted by Crippen LogP contribution is -2.50. The molecule has 9 heteroatoms. The number of fused-ring (bicyclic) bond motifs is 1. The van der Waals surface area contributed by atoms with Crippen molar-refractivity contribution in [1.29, 1.82) is 0 Å². The Labute approximate surface area is 177 Å². The first-order chi connectivity index (χ1) is 13.4. The molecule has 2 aromatic rings. The Morgan fingerprint density at radius 3 is 2.54 bits per heavy atom. The summed E-state index contributed by atoms with van der Waals surface area (Å²) in [5.74, 6) is 0. The van der Waals surface area contributed by atoms with Gasteiger partial charge in [0.05, 0.1) is 10.6 Å². The van der Waals surface area contributed by atoms with E-state index in [1.54, 1.807) is 41.3 Å². The van der Waals surface area contributed by atoms with Crippen LogP contribution in [0.1, 0.15) is 18.4 Å². The normalized spacial score (nSPS) is 18.6. The Morgan fingerprint density at radius 2 is 1.82 bits per heavy atom. The van der Waals surface area contributed by atoms with E-state index in [9.17, 15) is 13.2 Å². The molecular weight excluding hydrogens is 468 g/mol. The highest BCUT2D eigenvalue weighted by Crippen LogP contribution is 2.35. The fraction of sp³-hybridized carbons (Fsp3) is 0.316. The fourth-order valence-electron chi connectivity index (χ4n) is 3.69. The van der Waals surface area contributed by atoms with Crippen LogP contribution in [-0.4, -0.2) is 37.9 Å². The molecule has 0 unspecified atom stereocenters. The minimum Gasteiger partial charge on any atom is -0.444 e. The van der Waals surface area contributed by atoms with E-state index in [1.807, 2.05) is 6.07 Å². The molecule has 0 aliphatic carbocycles. The van der Waals surface area contributed by atoms with Crippen molar-refractivity contribution in [2.24, 2.45) is 0 Å². The van der Waals surface area contributed by atoms with Gasteiger partial charge in [-0.25, -0.2) is 13.2 Å². The average molecular weight is 486 g/mol. The number of anilines is 1. The number of hydrogen-bond donors (Lipinski definition) is 0. The van der Waals surface area contributed by atoms with Gasteiger partial charge in [0.15, 0.2) is 0 Å². The first-order valence-corrected chi connectivity index (χ1v) is 11.5. The molecule has 1 fully saturated rings. The first-order valence-electron chi connectivity index (χ1n) is 8.87. The molecule has 4 rings (SSSR count). The molecular formula is C19H18BrClN2O4S. The molecule has 28 heavy (non-hydrogen) atoms. The zero-order valence-electron chi connectivity index (χ0n) is 14.8. The van der Waals surface area contributed by atoms with Crippen molar-refractivity contribution in [3.8, 4) is 0 Å². The van der Waals surface area contributed by atoms with Gasteiger partial charge in [0.1, 0.15) is 6.61 Å². The summed E-state index contributed by atoms with van der Waals surface area (Å²) in [6.45, 7) is 0.864. The monoisotopic (exact) mass is 484 g/mol. The molecule has 2 aromatic carbocycles. The summed E-state index contributed by atoms with van der Waals surface area (Å²) in [6.07, 6.45) is 0.656. The van der Waals surface area contributed by atoms with Gasteiger partial charge in [-0.05, 0) is 59.1 Å². The summed E-state index contributed by atoms with van der Waals surface area (Å²) in [7, 11) is -3.59. The maximum Gasteiger partial charge on any atom is 0.414 e. The maximum absolute atomic E-state index is 13.0. The number of ether oxygens (including phenoxy) is 1. The summed E-state index contributed by atoms with van der Waals surface area (Å²) in [5.41, 5.74) is 1.64. The SMILES string of the molecule is O=C1OCc2cc(Cl)ccc2N1C1CCN(S(=O)(=O)c2ccccc2Br)CC1. The molecule has 2 aliphatic rings. The highest BCUT2D eigenvalue weighted by Gasteiger charge is 2.37. The number of piperidine rings is 1. The van der Waals surface area contributed by atoms with Crippen molar-refractivity contribution in [3.63, 3.8) is 0 Å². The molecule has 0 N–H and O–H groups in total. The summed E-state index contributed by atoms with van der Waals surface area (Å²) in [5, 5.41) is 0.589. The molecule has 0 spiro atoms. The second-order valence-electron chi connectivity index (χ2n) is 6.76. The second-order valence-corrected chi connectivity index (χ2v) is 9.96. The van der Waals surface area contributed by atoms with Crippen molar-refractivity contribution in [2.75, 3.05) is 18.0 Å². The largest absolute Gasteiger partial charge is 0.444 e. The smallest absolute Gasteiger partial charge is 0.414 e. The van der Waals surface area contributed by atoms with Gasteiger partial charge in [-0.2, -0.15) is 4.31 Å². The molecule has 0 saturated carbocycles. The first kappa shape index (κ1) is 19.7. The number of nitrogens with zero attached hydrogens (tertiary/aromatic N) is 2. The third kappa shape index (κ3) is 3.54. The van der Waals surface area contributed by atoms with E-state index in [1.165, 1.54) is 4.31 Å². The summed E-state index contributed by atoms with van der Waals surface area (Å²) in [6, 6.07) is 12.0. The number of carbonyl (C=O) groups excluding carboxylic acids is 1. The molecule has 0 aromatic heterocycles. The number of hydrogen-bond acceptors (Lipinski definition) is 4. The topological polar surface area (TPSA) is 66.9 Å². The van der Waals surface area contributed by atoms with Gasteiger partial charge in [-0.3, -0.25) is 4.90 Å². The summed E-state index contributed by atoms with van der Waals surface area (Å²) < 4.78 is 33.2. The van der Waals surface area contributed by atoms with Gasteiger partial charge < -0.3 is 4.74 Å². The number of rotatable bonds is 3. The highest BCUT2D eigenvalue weighted by atomic mass is 79.9. The number of halogens is 2. The van der Waals surface area contributed by atoms with Crippen LogP contribution < -0.4 is 4.90 Å². The number of amides is 1. The molecule has 1 saturated heterocycles. The molecule has 2 heterocycles. The predicted octanol–water partition coefficient (Wildman–Crippen LogP) is 4.41. The van der Waals surface area contributed by atoms with Crippen LogP contribution in [0.3, 0.4) is 0 Å². The standard InChI is InChI=1S/C19H18BrClN2O4S/c20-16-3-1-2-4-18(16)28(25,26)22-9-7-15(8-10-22)23-17-6-5-14(21)11-13(17)12-27-19(23)24/h1-6,11,15H,7-10,12H2. The minimum atomic E-state index is -3.59. The van der Waals surface area contributed by atoms with Gasteiger partial charge in [0, 0.05) is 34.2 Å². The van der Waals surface area contributed by atoms with Crippen LogP contribution in [0.5, 0.6) is 0 Å². The minimum absolute atomic E-state index is 0.126. The van der Waals surface area contributed by atoms with Gasteiger partial charge in [0.2, 0.25) is 10.0 Å². The quantitative estimate of drug-likeness (QED) is 0.646. The van der Waals surface area contributed by atoms with Gasteiger partial charge in [-0.1, -0.05) is 23.7 Å². The lowest BCUT2D eigenvalue weighted by molar-refractivity contribution is 0.136. The van der Waals surface area contributed by atoms with Crippen molar-refractivity contribution < 1.29 is 17.9 Å². The Hall–Kier alpha value is -1.61. The lowest BCUT2D eigenvalue weighted by Gasteiger charge is -2.39. The Kier molecular flexibility index (Phi) is 5.39. The number of benzene rings is 2. The van der Waals surface area contributed by atoms with Crippen molar-refractivity contribution in [1.82, 2.24) is 4.31 Å². The third-order valence-corrected chi connectivity index (χ3v) is 8.24. The van der Waals surface area contributed by atoms with E-state index in [2.05, 4.69) is 15.9 Å². The van der Waals surface area contributed by atoms with Crippen LogP contribution in [0.4, 0.5) is 10.5 Å². The predicted molar refractivity (Wildman–Crippen MR) is 110 cm³/mol. The van der Waals surface area contributed by atoms with E-state index in [0.717, 1.165) is 11.3 Å². The van der Waals surface area contributed by atoms with E-state index in [-0.39, 0.29) is 17.5 Å². The maximum atomic E-state index is 13.0. The Balaban J connectivity index is 1.54. The molecule has 148 valence electrons. The molecule has 1 amide bonds. The average Bonchev–Trinajstić information content (AvgIpc) is 2.68. The van der Waals surface area contributed by atoms with Crippen LogP contribution in [0.15, 0.2) is 51.8 Å². The number of carbonyl (C=O) groups is 1. The van der Waals surface area contributed by atoms with Crippen molar-refractivity contribution >= 4 is 49.3 Å². The summed E-state index contributed by atoms with van der Waals surface area (Å²) >= 11 is 9.37. The zero-order chi connectivity index (χ0) is 19.9. The summed E-state index contributed by atoms with van der Waals surface area (Å²) in [4.78, 5) is 14.3. The Bertz CT molecular complexity index is 1020. The zero-order valence-corrected chi connectivity index (χ0v) is 18.0. The van der Waals surface area contributed by atoms with Gasteiger partial charge >= 0.3 is 6.09 Å². The lowest BCUT2D eigenvalue weighted by atomic mass is 10.0.